The SMILES string of the molecule is CC1CCN(C(C)C)C(=O)C(C)(C)N1. The quantitative estimate of drug-likeness (QED) is 0.690. The molecule has 82 valence electrons. The van der Waals surface area contributed by atoms with Crippen LogP contribution in [0.4, 0.5) is 0 Å². The smallest absolute Gasteiger partial charge is 0.242 e. The number of nitrogens with one attached hydrogen (secondary N) is 1. The van der Waals surface area contributed by atoms with Crippen molar-refractivity contribution in [1.82, 2.24) is 10.2 Å². The van der Waals surface area contributed by atoms with E-state index in [4.69, 9.17) is 0 Å². The number of rotatable bonds is 1. The lowest BCUT2D eigenvalue weighted by Crippen LogP contribution is -2.54. The maximum Gasteiger partial charge on any atom is 0.242 e. The first-order valence-corrected chi connectivity index (χ1v) is 5.43. The van der Waals surface area contributed by atoms with E-state index in [9.17, 15) is 4.79 Å². The van der Waals surface area contributed by atoms with Crippen molar-refractivity contribution in [3.8, 4) is 0 Å². The van der Waals surface area contributed by atoms with Crippen LogP contribution < -0.4 is 5.32 Å². The predicted molar refractivity (Wildman–Crippen MR) is 58.1 cm³/mol. The summed E-state index contributed by atoms with van der Waals surface area (Å²) in [6, 6.07) is 0.714. The standard InChI is InChI=1S/C11H22N2O/c1-8(2)13-7-6-9(3)12-11(4,5)10(13)14/h8-9,12H,6-7H2,1-5H3. The highest BCUT2D eigenvalue weighted by atomic mass is 16.2. The second-order valence-corrected chi connectivity index (χ2v) is 5.05. The van der Waals surface area contributed by atoms with Gasteiger partial charge in [-0.1, -0.05) is 0 Å². The molecule has 3 heteroatoms. The van der Waals surface area contributed by atoms with E-state index in [1.807, 2.05) is 18.7 Å². The Bertz CT molecular complexity index is 223. The van der Waals surface area contributed by atoms with Gasteiger partial charge < -0.3 is 10.2 Å². The highest BCUT2D eigenvalue weighted by Crippen LogP contribution is 2.17. The first-order chi connectivity index (χ1) is 6.34. The maximum atomic E-state index is 12.1. The fourth-order valence-corrected chi connectivity index (χ4v) is 2.04. The van der Waals surface area contributed by atoms with Gasteiger partial charge in [-0.3, -0.25) is 4.79 Å². The molecule has 1 N–H and O–H groups in total. The Labute approximate surface area is 86.9 Å². The molecule has 1 aliphatic rings. The minimum Gasteiger partial charge on any atom is -0.339 e. The molecule has 1 rings (SSSR count). The number of carbonyl (C=O) groups excluding carboxylic acids is 1. The third-order valence-corrected chi connectivity index (χ3v) is 2.83. The molecule has 1 amide bonds. The molecule has 3 nitrogen and oxygen atoms in total. The summed E-state index contributed by atoms with van der Waals surface area (Å²) in [5.41, 5.74) is -0.416. The van der Waals surface area contributed by atoms with Gasteiger partial charge in [0.2, 0.25) is 5.91 Å². The van der Waals surface area contributed by atoms with Crippen LogP contribution in [-0.4, -0.2) is 35.0 Å². The molecule has 1 fully saturated rings. The third-order valence-electron chi connectivity index (χ3n) is 2.83. The van der Waals surface area contributed by atoms with Crippen LogP contribution in [0.5, 0.6) is 0 Å². The molecule has 1 unspecified atom stereocenters. The molecule has 1 atom stereocenters. The van der Waals surface area contributed by atoms with Gasteiger partial charge in [0.05, 0.1) is 5.54 Å². The monoisotopic (exact) mass is 198 g/mol. The summed E-state index contributed by atoms with van der Waals surface area (Å²) in [7, 11) is 0. The Morgan fingerprint density at radius 2 is 2.07 bits per heavy atom. The lowest BCUT2D eigenvalue weighted by atomic mass is 10.0. The molecule has 1 saturated heterocycles. The zero-order chi connectivity index (χ0) is 10.9. The Balaban J connectivity index is 2.86. The molecule has 0 bridgehead atoms. The summed E-state index contributed by atoms with van der Waals surface area (Å²) in [5.74, 6) is 0.219. The van der Waals surface area contributed by atoms with Gasteiger partial charge in [-0.05, 0) is 41.0 Å². The van der Waals surface area contributed by atoms with Crippen LogP contribution >= 0.6 is 0 Å². The zero-order valence-corrected chi connectivity index (χ0v) is 9.92. The van der Waals surface area contributed by atoms with Crippen LogP contribution in [0.25, 0.3) is 0 Å². The summed E-state index contributed by atoms with van der Waals surface area (Å²) >= 11 is 0. The Morgan fingerprint density at radius 3 is 2.57 bits per heavy atom. The highest BCUT2D eigenvalue weighted by Gasteiger charge is 2.36. The number of amides is 1. The number of carbonyl (C=O) groups is 1. The molecule has 0 aromatic carbocycles. The minimum atomic E-state index is -0.416. The normalized spacial score (nSPS) is 28.0. The summed E-state index contributed by atoms with van der Waals surface area (Å²) in [6.45, 7) is 11.1. The molecule has 1 heterocycles. The second kappa shape index (κ2) is 3.89. The van der Waals surface area contributed by atoms with Crippen LogP contribution in [0.1, 0.15) is 41.0 Å². The molecule has 0 saturated carbocycles. The van der Waals surface area contributed by atoms with Crippen molar-refractivity contribution in [2.75, 3.05) is 6.54 Å². The van der Waals surface area contributed by atoms with Crippen molar-refractivity contribution in [1.29, 1.82) is 0 Å². The van der Waals surface area contributed by atoms with Crippen molar-refractivity contribution >= 4 is 5.91 Å². The number of hydrogen-bond donors (Lipinski definition) is 1. The largest absolute Gasteiger partial charge is 0.339 e. The average molecular weight is 198 g/mol. The van der Waals surface area contributed by atoms with Crippen LogP contribution in [-0.2, 0) is 4.79 Å². The van der Waals surface area contributed by atoms with Crippen molar-refractivity contribution in [3.05, 3.63) is 0 Å². The van der Waals surface area contributed by atoms with Gasteiger partial charge >= 0.3 is 0 Å². The Morgan fingerprint density at radius 1 is 1.50 bits per heavy atom. The summed E-state index contributed by atoms with van der Waals surface area (Å²) in [5, 5.41) is 3.36. The third kappa shape index (κ3) is 2.27. The fraction of sp³-hybridized carbons (Fsp3) is 0.909. The van der Waals surface area contributed by atoms with Crippen molar-refractivity contribution in [2.24, 2.45) is 0 Å². The number of hydrogen-bond acceptors (Lipinski definition) is 2. The molecule has 0 radical (unpaired) electrons. The van der Waals surface area contributed by atoms with Crippen molar-refractivity contribution in [2.45, 2.75) is 58.7 Å². The van der Waals surface area contributed by atoms with Crippen molar-refractivity contribution < 1.29 is 4.79 Å². The van der Waals surface area contributed by atoms with Crippen LogP contribution in [0, 0.1) is 0 Å². The van der Waals surface area contributed by atoms with E-state index in [-0.39, 0.29) is 5.91 Å². The van der Waals surface area contributed by atoms with Crippen molar-refractivity contribution in [3.63, 3.8) is 0 Å². The summed E-state index contributed by atoms with van der Waals surface area (Å²) in [6.07, 6.45) is 1.04. The lowest BCUT2D eigenvalue weighted by Gasteiger charge is -2.32. The van der Waals surface area contributed by atoms with Crippen LogP contribution in [0.15, 0.2) is 0 Å². The molecular formula is C11H22N2O. The lowest BCUT2D eigenvalue weighted by molar-refractivity contribution is -0.137. The minimum absolute atomic E-state index is 0.219. The number of nitrogens with zero attached hydrogens (tertiary/aromatic N) is 1. The van der Waals surface area contributed by atoms with Gasteiger partial charge in [-0.15, -0.1) is 0 Å². The molecule has 0 aromatic rings. The van der Waals surface area contributed by atoms with E-state index in [0.29, 0.717) is 12.1 Å². The van der Waals surface area contributed by atoms with E-state index in [2.05, 4.69) is 26.1 Å². The van der Waals surface area contributed by atoms with Gasteiger partial charge in [-0.25, -0.2) is 0 Å². The molecule has 0 aliphatic carbocycles. The molecule has 0 spiro atoms. The molecule has 14 heavy (non-hydrogen) atoms. The summed E-state index contributed by atoms with van der Waals surface area (Å²) in [4.78, 5) is 14.1. The van der Waals surface area contributed by atoms with E-state index in [1.165, 1.54) is 0 Å². The second-order valence-electron chi connectivity index (χ2n) is 5.05. The fourth-order valence-electron chi connectivity index (χ4n) is 2.04. The Kier molecular flexibility index (Phi) is 3.20. The first-order valence-electron chi connectivity index (χ1n) is 5.43. The van der Waals surface area contributed by atoms with Gasteiger partial charge in [0.15, 0.2) is 0 Å². The van der Waals surface area contributed by atoms with Gasteiger partial charge in [0.1, 0.15) is 0 Å². The van der Waals surface area contributed by atoms with Gasteiger partial charge in [0, 0.05) is 18.6 Å². The van der Waals surface area contributed by atoms with Crippen LogP contribution in [0.3, 0.4) is 0 Å². The van der Waals surface area contributed by atoms with Gasteiger partial charge in [-0.2, -0.15) is 0 Å². The predicted octanol–water partition coefficient (Wildman–Crippen LogP) is 1.38. The average Bonchev–Trinajstić information content (AvgIpc) is 2.10. The van der Waals surface area contributed by atoms with Crippen LogP contribution in [0.2, 0.25) is 0 Å². The van der Waals surface area contributed by atoms with E-state index in [0.717, 1.165) is 13.0 Å². The molecular weight excluding hydrogens is 176 g/mol. The van der Waals surface area contributed by atoms with Gasteiger partial charge in [0.25, 0.3) is 0 Å². The molecule has 0 aromatic heterocycles. The highest BCUT2D eigenvalue weighted by molar-refractivity contribution is 5.86. The zero-order valence-electron chi connectivity index (χ0n) is 9.92. The Hall–Kier alpha value is -0.570. The van der Waals surface area contributed by atoms with E-state index >= 15 is 0 Å². The van der Waals surface area contributed by atoms with E-state index in [1.54, 1.807) is 0 Å². The first kappa shape index (κ1) is 11.5. The molecule has 1 aliphatic heterocycles. The summed E-state index contributed by atoms with van der Waals surface area (Å²) < 4.78 is 0. The maximum absolute atomic E-state index is 12.1. The van der Waals surface area contributed by atoms with E-state index < -0.39 is 5.54 Å². The topological polar surface area (TPSA) is 32.3 Å².